The molecule has 1 atom stereocenters. The molecule has 17 heavy (non-hydrogen) atoms. The maximum atomic E-state index is 10.6. The summed E-state index contributed by atoms with van der Waals surface area (Å²) in [6.45, 7) is 4.77. The summed E-state index contributed by atoms with van der Waals surface area (Å²) < 4.78 is 5.72. The third-order valence-electron chi connectivity index (χ3n) is 2.99. The molecule has 92 valence electrons. The first-order valence-electron chi connectivity index (χ1n) is 5.82. The molecular formula is C12H16N2O3. The minimum atomic E-state index is -0.386. The van der Waals surface area contributed by atoms with E-state index in [2.05, 4.69) is 11.8 Å². The minimum absolute atomic E-state index is 0.0606. The van der Waals surface area contributed by atoms with Crippen molar-refractivity contribution in [1.29, 1.82) is 0 Å². The molecule has 1 unspecified atom stereocenters. The Morgan fingerprint density at radius 1 is 1.47 bits per heavy atom. The molecule has 1 fully saturated rings. The van der Waals surface area contributed by atoms with E-state index in [4.69, 9.17) is 4.74 Å². The molecule has 1 aliphatic heterocycles. The van der Waals surface area contributed by atoms with Crippen molar-refractivity contribution >= 4 is 5.69 Å². The lowest BCUT2D eigenvalue weighted by molar-refractivity contribution is -0.384. The van der Waals surface area contributed by atoms with Crippen LogP contribution in [0.1, 0.15) is 25.1 Å². The second-order valence-electron chi connectivity index (χ2n) is 4.05. The van der Waals surface area contributed by atoms with Crippen molar-refractivity contribution in [2.45, 2.75) is 19.6 Å². The molecule has 2 rings (SSSR count). The summed E-state index contributed by atoms with van der Waals surface area (Å²) in [5.41, 5.74) is 1.10. The fourth-order valence-electron chi connectivity index (χ4n) is 2.08. The van der Waals surface area contributed by atoms with E-state index < -0.39 is 0 Å². The molecule has 0 amide bonds. The van der Waals surface area contributed by atoms with Crippen molar-refractivity contribution in [3.63, 3.8) is 0 Å². The third-order valence-corrected chi connectivity index (χ3v) is 2.99. The smallest absolute Gasteiger partial charge is 0.269 e. The average Bonchev–Trinajstić information content (AvgIpc) is 2.39. The van der Waals surface area contributed by atoms with Crippen molar-refractivity contribution in [2.75, 3.05) is 19.7 Å². The quantitative estimate of drug-likeness (QED) is 0.597. The van der Waals surface area contributed by atoms with Gasteiger partial charge in [0, 0.05) is 18.7 Å². The van der Waals surface area contributed by atoms with Gasteiger partial charge in [0.15, 0.2) is 0 Å². The Balaban J connectivity index is 2.17. The van der Waals surface area contributed by atoms with Gasteiger partial charge in [-0.1, -0.05) is 6.92 Å². The van der Waals surface area contributed by atoms with Gasteiger partial charge in [-0.05, 0) is 30.7 Å². The predicted molar refractivity (Wildman–Crippen MR) is 63.7 cm³/mol. The van der Waals surface area contributed by atoms with E-state index in [-0.39, 0.29) is 16.8 Å². The predicted octanol–water partition coefficient (Wildman–Crippen LogP) is 2.34. The Morgan fingerprint density at radius 2 is 2.18 bits per heavy atom. The molecule has 0 bridgehead atoms. The summed E-state index contributed by atoms with van der Waals surface area (Å²) in [6.07, 6.45) is 0.978. The topological polar surface area (TPSA) is 55.6 Å². The van der Waals surface area contributed by atoms with Crippen LogP contribution in [-0.4, -0.2) is 29.5 Å². The van der Waals surface area contributed by atoms with Gasteiger partial charge in [-0.3, -0.25) is 15.0 Å². The summed E-state index contributed by atoms with van der Waals surface area (Å²) in [7, 11) is 0. The first-order valence-corrected chi connectivity index (χ1v) is 5.82. The van der Waals surface area contributed by atoms with Crippen molar-refractivity contribution in [1.82, 2.24) is 4.90 Å². The number of hydrogen-bond acceptors (Lipinski definition) is 4. The number of nitrogens with zero attached hydrogens (tertiary/aromatic N) is 2. The monoisotopic (exact) mass is 236 g/mol. The Hall–Kier alpha value is -1.46. The van der Waals surface area contributed by atoms with Crippen molar-refractivity contribution in [3.05, 3.63) is 39.9 Å². The number of rotatable bonds is 3. The first kappa shape index (κ1) is 12.0. The maximum absolute atomic E-state index is 10.6. The van der Waals surface area contributed by atoms with Gasteiger partial charge in [-0.15, -0.1) is 0 Å². The number of hydrogen-bond donors (Lipinski definition) is 0. The largest absolute Gasteiger partial charge is 0.359 e. The summed E-state index contributed by atoms with van der Waals surface area (Å²) in [5.74, 6) is 0. The van der Waals surface area contributed by atoms with Gasteiger partial charge in [0.2, 0.25) is 0 Å². The summed E-state index contributed by atoms with van der Waals surface area (Å²) >= 11 is 0. The second kappa shape index (κ2) is 5.25. The lowest BCUT2D eigenvalue weighted by Crippen LogP contribution is -2.36. The number of ether oxygens (including phenoxy) is 1. The molecule has 0 radical (unpaired) electrons. The van der Waals surface area contributed by atoms with Crippen molar-refractivity contribution < 1.29 is 9.66 Å². The molecule has 1 aliphatic rings. The highest BCUT2D eigenvalue weighted by Crippen LogP contribution is 2.27. The highest BCUT2D eigenvalue weighted by Gasteiger charge is 2.23. The van der Waals surface area contributed by atoms with E-state index in [9.17, 15) is 10.1 Å². The molecule has 5 heteroatoms. The Bertz CT molecular complexity index is 391. The van der Waals surface area contributed by atoms with Gasteiger partial charge in [-0.25, -0.2) is 0 Å². The SMILES string of the molecule is CCN1CCCOC1c1ccc([N+](=O)[O-])cc1. The lowest BCUT2D eigenvalue weighted by Gasteiger charge is -2.34. The van der Waals surface area contributed by atoms with E-state index in [1.54, 1.807) is 12.1 Å². The van der Waals surface area contributed by atoms with Gasteiger partial charge >= 0.3 is 0 Å². The van der Waals surface area contributed by atoms with E-state index >= 15 is 0 Å². The van der Waals surface area contributed by atoms with Gasteiger partial charge in [0.1, 0.15) is 6.23 Å². The van der Waals surface area contributed by atoms with Crippen molar-refractivity contribution in [2.24, 2.45) is 0 Å². The van der Waals surface area contributed by atoms with Crippen molar-refractivity contribution in [3.8, 4) is 0 Å². The molecule has 0 N–H and O–H groups in total. The molecule has 1 aromatic rings. The van der Waals surface area contributed by atoms with E-state index in [0.29, 0.717) is 0 Å². The van der Waals surface area contributed by atoms with E-state index in [1.165, 1.54) is 12.1 Å². The molecular weight excluding hydrogens is 220 g/mol. The van der Waals surface area contributed by atoms with Crippen LogP contribution in [0.2, 0.25) is 0 Å². The standard InChI is InChI=1S/C12H16N2O3/c1-2-13-8-3-9-17-12(13)10-4-6-11(7-5-10)14(15)16/h4-7,12H,2-3,8-9H2,1H3. The number of nitro groups is 1. The number of nitro benzene ring substituents is 1. The average molecular weight is 236 g/mol. The molecule has 0 spiro atoms. The summed E-state index contributed by atoms with van der Waals surface area (Å²) in [4.78, 5) is 12.4. The van der Waals surface area contributed by atoms with E-state index in [0.717, 1.165) is 31.7 Å². The molecule has 1 heterocycles. The zero-order valence-corrected chi connectivity index (χ0v) is 9.83. The second-order valence-corrected chi connectivity index (χ2v) is 4.05. The van der Waals surface area contributed by atoms with E-state index in [1.807, 2.05) is 0 Å². The van der Waals surface area contributed by atoms with Crippen LogP contribution in [-0.2, 0) is 4.74 Å². The van der Waals surface area contributed by atoms with Crippen LogP contribution >= 0.6 is 0 Å². The first-order chi connectivity index (χ1) is 8.22. The fourth-order valence-corrected chi connectivity index (χ4v) is 2.08. The zero-order chi connectivity index (χ0) is 12.3. The number of non-ortho nitro benzene ring substituents is 1. The zero-order valence-electron chi connectivity index (χ0n) is 9.83. The fraction of sp³-hybridized carbons (Fsp3) is 0.500. The highest BCUT2D eigenvalue weighted by molar-refractivity contribution is 5.33. The lowest BCUT2D eigenvalue weighted by atomic mass is 10.1. The van der Waals surface area contributed by atoms with Crippen LogP contribution in [0.5, 0.6) is 0 Å². The minimum Gasteiger partial charge on any atom is -0.359 e. The van der Waals surface area contributed by atoms with Crippen LogP contribution in [0.4, 0.5) is 5.69 Å². The Morgan fingerprint density at radius 3 is 2.76 bits per heavy atom. The maximum Gasteiger partial charge on any atom is 0.269 e. The van der Waals surface area contributed by atoms with Crippen LogP contribution in [0.25, 0.3) is 0 Å². The highest BCUT2D eigenvalue weighted by atomic mass is 16.6. The molecule has 0 aliphatic carbocycles. The molecule has 5 nitrogen and oxygen atoms in total. The normalized spacial score (nSPS) is 21.4. The summed E-state index contributed by atoms with van der Waals surface area (Å²) in [6, 6.07) is 6.61. The molecule has 1 saturated heterocycles. The molecule has 0 aromatic heterocycles. The van der Waals surface area contributed by atoms with Crippen LogP contribution in [0.3, 0.4) is 0 Å². The van der Waals surface area contributed by atoms with Crippen LogP contribution in [0.15, 0.2) is 24.3 Å². The van der Waals surface area contributed by atoms with Crippen LogP contribution < -0.4 is 0 Å². The number of benzene rings is 1. The van der Waals surface area contributed by atoms with Gasteiger partial charge in [0.25, 0.3) is 5.69 Å². The molecule has 1 aromatic carbocycles. The Labute approximate surface area is 100 Å². The molecule has 0 saturated carbocycles. The third kappa shape index (κ3) is 2.62. The van der Waals surface area contributed by atoms with Gasteiger partial charge in [0.05, 0.1) is 11.5 Å². The van der Waals surface area contributed by atoms with Gasteiger partial charge in [-0.2, -0.15) is 0 Å². The summed E-state index contributed by atoms with van der Waals surface area (Å²) in [5, 5.41) is 10.6. The van der Waals surface area contributed by atoms with Crippen LogP contribution in [0, 0.1) is 10.1 Å². The Kier molecular flexibility index (Phi) is 3.71. The van der Waals surface area contributed by atoms with Gasteiger partial charge < -0.3 is 4.74 Å².